The van der Waals surface area contributed by atoms with Crippen LogP contribution < -0.4 is 20.9 Å². The summed E-state index contributed by atoms with van der Waals surface area (Å²) in [5.41, 5.74) is 0.0617. The van der Waals surface area contributed by atoms with Crippen molar-refractivity contribution < 1.29 is 14.0 Å². The van der Waals surface area contributed by atoms with Crippen molar-refractivity contribution in [3.8, 4) is 0 Å². The molecule has 2 fully saturated rings. The van der Waals surface area contributed by atoms with Gasteiger partial charge in [-0.25, -0.2) is 19.2 Å². The number of piperazine rings is 1. The third-order valence-corrected chi connectivity index (χ3v) is 5.55. The first-order chi connectivity index (χ1) is 15.0. The zero-order valence-corrected chi connectivity index (χ0v) is 17.4. The van der Waals surface area contributed by atoms with Gasteiger partial charge in [-0.2, -0.15) is 4.98 Å². The summed E-state index contributed by atoms with van der Waals surface area (Å²) in [7, 11) is 1.41. The number of pyridine rings is 1. The van der Waals surface area contributed by atoms with E-state index < -0.39 is 11.7 Å². The van der Waals surface area contributed by atoms with Crippen LogP contribution in [0, 0.1) is 5.82 Å². The van der Waals surface area contributed by atoms with E-state index in [0.29, 0.717) is 31.3 Å². The van der Waals surface area contributed by atoms with Gasteiger partial charge in [-0.3, -0.25) is 4.79 Å². The Morgan fingerprint density at radius 3 is 2.61 bits per heavy atom. The fourth-order valence-corrected chi connectivity index (χ4v) is 4.17. The first-order valence-corrected chi connectivity index (χ1v) is 10.3. The van der Waals surface area contributed by atoms with Crippen LogP contribution in [-0.2, 0) is 0 Å². The Bertz CT molecular complexity index is 973. The van der Waals surface area contributed by atoms with Crippen LogP contribution in [0.1, 0.15) is 30.3 Å². The standard InChI is InChI=1S/C20H25FN8O2/c1-3-23-20(31)29-13-4-5-14(29)11-28(10-13)16-6-7-24-19(27-16)26-12-8-15(21)17(25-9-12)18(30)22-2/h6-9,13-14H,3-5,10-11H2,1-2H3,(H,22,30)(H,23,31)(H,24,26,27). The molecular formula is C20H25FN8O2. The van der Waals surface area contributed by atoms with Crippen molar-refractivity contribution >= 4 is 29.4 Å². The number of halogens is 1. The molecule has 0 aromatic carbocycles. The van der Waals surface area contributed by atoms with Crippen molar-refractivity contribution in [1.82, 2.24) is 30.5 Å². The van der Waals surface area contributed by atoms with E-state index in [1.165, 1.54) is 19.3 Å². The van der Waals surface area contributed by atoms with Crippen molar-refractivity contribution in [2.45, 2.75) is 31.8 Å². The van der Waals surface area contributed by atoms with E-state index in [0.717, 1.165) is 18.7 Å². The van der Waals surface area contributed by atoms with Crippen molar-refractivity contribution in [2.75, 3.05) is 36.9 Å². The lowest BCUT2D eigenvalue weighted by Gasteiger charge is -2.41. The van der Waals surface area contributed by atoms with Gasteiger partial charge in [-0.1, -0.05) is 0 Å². The molecule has 2 aromatic heterocycles. The molecule has 2 aliphatic heterocycles. The Morgan fingerprint density at radius 2 is 1.97 bits per heavy atom. The number of nitrogens with zero attached hydrogens (tertiary/aromatic N) is 5. The van der Waals surface area contributed by atoms with Crippen LogP contribution in [0.3, 0.4) is 0 Å². The second-order valence-corrected chi connectivity index (χ2v) is 7.53. The zero-order chi connectivity index (χ0) is 22.0. The predicted octanol–water partition coefficient (Wildman–Crippen LogP) is 1.50. The van der Waals surface area contributed by atoms with Gasteiger partial charge in [-0.05, 0) is 25.8 Å². The smallest absolute Gasteiger partial charge is 0.318 e. The third kappa shape index (κ3) is 4.21. The van der Waals surface area contributed by atoms with E-state index in [1.54, 1.807) is 6.20 Å². The number of carbonyl (C=O) groups excluding carboxylic acids is 2. The maximum absolute atomic E-state index is 14.2. The maximum atomic E-state index is 14.2. The molecule has 2 aromatic rings. The van der Waals surface area contributed by atoms with Crippen molar-refractivity contribution in [2.24, 2.45) is 0 Å². The average Bonchev–Trinajstić information content (AvgIpc) is 3.03. The Labute approximate surface area is 179 Å². The summed E-state index contributed by atoms with van der Waals surface area (Å²) in [6.45, 7) is 3.92. The van der Waals surface area contributed by atoms with Crippen LogP contribution in [0.15, 0.2) is 24.5 Å². The minimum atomic E-state index is -0.737. The van der Waals surface area contributed by atoms with E-state index in [1.807, 2.05) is 17.9 Å². The zero-order valence-electron chi connectivity index (χ0n) is 17.4. The van der Waals surface area contributed by atoms with Gasteiger partial charge in [-0.15, -0.1) is 0 Å². The van der Waals surface area contributed by atoms with E-state index in [-0.39, 0.29) is 23.8 Å². The number of rotatable bonds is 5. The van der Waals surface area contributed by atoms with E-state index in [9.17, 15) is 14.0 Å². The lowest BCUT2D eigenvalue weighted by Crippen LogP contribution is -2.58. The van der Waals surface area contributed by atoms with Crippen LogP contribution in [0.25, 0.3) is 0 Å². The summed E-state index contributed by atoms with van der Waals surface area (Å²) < 4.78 is 14.2. The van der Waals surface area contributed by atoms with Gasteiger partial charge in [0.1, 0.15) is 5.82 Å². The number of hydrogen-bond acceptors (Lipinski definition) is 7. The fourth-order valence-electron chi connectivity index (χ4n) is 4.17. The quantitative estimate of drug-likeness (QED) is 0.661. The van der Waals surface area contributed by atoms with Gasteiger partial charge in [0.05, 0.1) is 24.0 Å². The Kier molecular flexibility index (Phi) is 5.83. The number of hydrogen-bond donors (Lipinski definition) is 3. The highest BCUT2D eigenvalue weighted by molar-refractivity contribution is 5.92. The van der Waals surface area contributed by atoms with Gasteiger partial charge >= 0.3 is 6.03 Å². The van der Waals surface area contributed by atoms with Gasteiger partial charge in [0.25, 0.3) is 5.91 Å². The first-order valence-electron chi connectivity index (χ1n) is 10.3. The lowest BCUT2D eigenvalue weighted by molar-refractivity contribution is 0.0953. The number of urea groups is 1. The second kappa shape index (κ2) is 8.70. The van der Waals surface area contributed by atoms with E-state index >= 15 is 0 Å². The summed E-state index contributed by atoms with van der Waals surface area (Å²) in [6.07, 6.45) is 4.93. The topological polar surface area (TPSA) is 115 Å². The number of fused-ring (bicyclic) bond motifs is 2. The molecule has 3 N–H and O–H groups in total. The number of carbonyl (C=O) groups is 2. The molecule has 2 unspecified atom stereocenters. The molecule has 0 saturated carbocycles. The summed E-state index contributed by atoms with van der Waals surface area (Å²) in [4.78, 5) is 40.7. The number of aromatic nitrogens is 3. The third-order valence-electron chi connectivity index (χ3n) is 5.55. The summed E-state index contributed by atoms with van der Waals surface area (Å²) in [5, 5.41) is 8.17. The Balaban J connectivity index is 1.47. The Morgan fingerprint density at radius 1 is 1.23 bits per heavy atom. The second-order valence-electron chi connectivity index (χ2n) is 7.53. The molecule has 4 heterocycles. The summed E-state index contributed by atoms with van der Waals surface area (Å²) in [6, 6.07) is 3.28. The highest BCUT2D eigenvalue weighted by atomic mass is 19.1. The minimum absolute atomic E-state index is 0.00517. The SMILES string of the molecule is CCNC(=O)N1C2CCC1CN(c1ccnc(Nc3cnc(C(=O)NC)c(F)c3)n1)C2. The summed E-state index contributed by atoms with van der Waals surface area (Å²) in [5.74, 6) is -0.299. The van der Waals surface area contributed by atoms with Gasteiger partial charge in [0.2, 0.25) is 5.95 Å². The lowest BCUT2D eigenvalue weighted by atomic mass is 10.2. The summed E-state index contributed by atoms with van der Waals surface area (Å²) >= 11 is 0. The molecule has 2 atom stereocenters. The molecule has 2 aliphatic rings. The van der Waals surface area contributed by atoms with E-state index in [2.05, 4.69) is 35.8 Å². The first kappa shape index (κ1) is 20.8. The van der Waals surface area contributed by atoms with Crippen LogP contribution in [0.4, 0.5) is 26.6 Å². The molecule has 3 amide bonds. The molecule has 0 radical (unpaired) electrons. The van der Waals surface area contributed by atoms with Crippen molar-refractivity contribution in [1.29, 1.82) is 0 Å². The maximum Gasteiger partial charge on any atom is 0.318 e. The molecule has 2 bridgehead atoms. The minimum Gasteiger partial charge on any atom is -0.354 e. The van der Waals surface area contributed by atoms with Crippen molar-refractivity contribution in [3.05, 3.63) is 36.0 Å². The molecule has 0 spiro atoms. The van der Waals surface area contributed by atoms with Crippen LogP contribution in [0.2, 0.25) is 0 Å². The molecule has 0 aliphatic carbocycles. The molecule has 164 valence electrons. The predicted molar refractivity (Wildman–Crippen MR) is 113 cm³/mol. The largest absolute Gasteiger partial charge is 0.354 e. The number of amides is 3. The number of anilines is 3. The molecule has 4 rings (SSSR count). The molecular weight excluding hydrogens is 403 g/mol. The van der Waals surface area contributed by atoms with Crippen LogP contribution in [-0.4, -0.2) is 70.6 Å². The van der Waals surface area contributed by atoms with Crippen LogP contribution >= 0.6 is 0 Å². The molecule has 11 heteroatoms. The monoisotopic (exact) mass is 428 g/mol. The number of nitrogens with one attached hydrogen (secondary N) is 3. The average molecular weight is 428 g/mol. The highest BCUT2D eigenvalue weighted by Gasteiger charge is 2.42. The molecule has 10 nitrogen and oxygen atoms in total. The highest BCUT2D eigenvalue weighted by Crippen LogP contribution is 2.32. The van der Waals surface area contributed by atoms with Gasteiger partial charge in [0.15, 0.2) is 11.5 Å². The molecule has 31 heavy (non-hydrogen) atoms. The normalized spacial score (nSPS) is 19.8. The Hall–Kier alpha value is -3.50. The van der Waals surface area contributed by atoms with E-state index in [4.69, 9.17) is 0 Å². The van der Waals surface area contributed by atoms with Gasteiger partial charge < -0.3 is 25.8 Å². The van der Waals surface area contributed by atoms with Crippen LogP contribution in [0.5, 0.6) is 0 Å². The fraction of sp³-hybridized carbons (Fsp3) is 0.450. The molecule has 2 saturated heterocycles. The van der Waals surface area contributed by atoms with Crippen molar-refractivity contribution in [3.63, 3.8) is 0 Å². The van der Waals surface area contributed by atoms with Gasteiger partial charge in [0, 0.05) is 38.9 Å².